The average Bonchev–Trinajstić information content (AvgIpc) is 2.47. The first kappa shape index (κ1) is 15.0. The van der Waals surface area contributed by atoms with Gasteiger partial charge in [0.1, 0.15) is 6.33 Å². The van der Waals surface area contributed by atoms with Crippen molar-refractivity contribution in [3.05, 3.63) is 53.5 Å². The third-order valence-corrected chi connectivity index (χ3v) is 3.99. The van der Waals surface area contributed by atoms with Gasteiger partial charge >= 0.3 is 0 Å². The van der Waals surface area contributed by atoms with E-state index in [1.165, 1.54) is 11.1 Å². The summed E-state index contributed by atoms with van der Waals surface area (Å²) in [5.41, 5.74) is 3.68. The van der Waals surface area contributed by atoms with Gasteiger partial charge in [-0.15, -0.1) is 0 Å². The molecule has 1 unspecified atom stereocenters. The molecule has 0 fully saturated rings. The lowest BCUT2D eigenvalue weighted by Gasteiger charge is -2.10. The van der Waals surface area contributed by atoms with Gasteiger partial charge in [0.25, 0.3) is 0 Å². The smallest absolute Gasteiger partial charge is 0.216 e. The minimum Gasteiger partial charge on any atom is -0.481 e. The Balaban J connectivity index is 1.85. The zero-order valence-electron chi connectivity index (χ0n) is 11.8. The second-order valence-corrected chi connectivity index (χ2v) is 6.17. The number of benzene rings is 1. The number of ether oxygens (including phenoxy) is 1. The molecule has 0 amide bonds. The Morgan fingerprint density at radius 2 is 1.95 bits per heavy atom. The van der Waals surface area contributed by atoms with Crippen LogP contribution in [0.3, 0.4) is 0 Å². The maximum absolute atomic E-state index is 5.11. The van der Waals surface area contributed by atoms with Crippen molar-refractivity contribution < 1.29 is 4.74 Å². The summed E-state index contributed by atoms with van der Waals surface area (Å²) in [5, 5.41) is 0. The van der Waals surface area contributed by atoms with Crippen molar-refractivity contribution in [3.8, 4) is 5.88 Å². The monoisotopic (exact) mass is 334 g/mol. The van der Waals surface area contributed by atoms with Crippen LogP contribution >= 0.6 is 15.9 Å². The summed E-state index contributed by atoms with van der Waals surface area (Å²) in [6.45, 7) is 2.11. The summed E-state index contributed by atoms with van der Waals surface area (Å²) < 4.78 is 5.11. The molecule has 0 spiro atoms. The number of hydrogen-bond acceptors (Lipinski definition) is 3. The van der Waals surface area contributed by atoms with Gasteiger partial charge in [0.15, 0.2) is 0 Å². The Morgan fingerprint density at radius 1 is 1.20 bits per heavy atom. The molecule has 1 aromatic carbocycles. The molecule has 0 saturated heterocycles. The molecule has 2 rings (SSSR count). The Kier molecular flexibility index (Phi) is 5.53. The van der Waals surface area contributed by atoms with E-state index >= 15 is 0 Å². The van der Waals surface area contributed by atoms with Gasteiger partial charge in [-0.1, -0.05) is 45.8 Å². The Labute approximate surface area is 128 Å². The molecule has 0 bridgehead atoms. The largest absolute Gasteiger partial charge is 0.481 e. The van der Waals surface area contributed by atoms with E-state index in [0.717, 1.165) is 25.0 Å². The summed E-state index contributed by atoms with van der Waals surface area (Å²) in [7, 11) is 1.62. The highest BCUT2D eigenvalue weighted by atomic mass is 79.9. The molecule has 1 aromatic heterocycles. The third kappa shape index (κ3) is 4.60. The molecule has 0 aliphatic carbocycles. The molecule has 106 valence electrons. The quantitative estimate of drug-likeness (QED) is 0.755. The highest BCUT2D eigenvalue weighted by molar-refractivity contribution is 9.09. The molecule has 0 N–H and O–H groups in total. The summed E-state index contributed by atoms with van der Waals surface area (Å²) in [6, 6.07) is 10.6. The highest BCUT2D eigenvalue weighted by Crippen LogP contribution is 2.17. The van der Waals surface area contributed by atoms with Crippen LogP contribution in [0, 0.1) is 6.92 Å². The van der Waals surface area contributed by atoms with Crippen LogP contribution in [0.4, 0.5) is 0 Å². The van der Waals surface area contributed by atoms with Crippen molar-refractivity contribution in [2.75, 3.05) is 7.11 Å². The second-order valence-electron chi connectivity index (χ2n) is 4.88. The first-order valence-corrected chi connectivity index (χ1v) is 7.63. The lowest BCUT2D eigenvalue weighted by Crippen LogP contribution is -2.06. The fourth-order valence-electron chi connectivity index (χ4n) is 2.01. The molecule has 3 nitrogen and oxygen atoms in total. The standard InChI is InChI=1S/C16H19BrN2O/c1-12-3-5-13(6-4-12)7-8-14(17)9-15-10-16(20-2)19-11-18-15/h3-6,10-11,14H,7-9H2,1-2H3. The molecule has 1 atom stereocenters. The van der Waals surface area contributed by atoms with Crippen LogP contribution in [-0.2, 0) is 12.8 Å². The number of nitrogens with zero attached hydrogens (tertiary/aromatic N) is 2. The number of halogens is 1. The summed E-state index contributed by atoms with van der Waals surface area (Å²) >= 11 is 3.73. The van der Waals surface area contributed by atoms with Crippen LogP contribution in [0.25, 0.3) is 0 Å². The van der Waals surface area contributed by atoms with Crippen molar-refractivity contribution >= 4 is 15.9 Å². The number of aryl methyl sites for hydroxylation is 2. The number of rotatable bonds is 6. The first-order valence-electron chi connectivity index (χ1n) is 6.72. The Morgan fingerprint density at radius 3 is 2.65 bits per heavy atom. The third-order valence-electron chi connectivity index (χ3n) is 3.21. The van der Waals surface area contributed by atoms with Crippen molar-refractivity contribution in [2.24, 2.45) is 0 Å². The van der Waals surface area contributed by atoms with Gasteiger partial charge in [0.05, 0.1) is 7.11 Å². The van der Waals surface area contributed by atoms with E-state index in [0.29, 0.717) is 10.7 Å². The lowest BCUT2D eigenvalue weighted by molar-refractivity contribution is 0.396. The number of hydrogen-bond donors (Lipinski definition) is 0. The summed E-state index contributed by atoms with van der Waals surface area (Å²) in [4.78, 5) is 8.70. The van der Waals surface area contributed by atoms with Crippen LogP contribution < -0.4 is 4.74 Å². The molecule has 0 radical (unpaired) electrons. The van der Waals surface area contributed by atoms with Gasteiger partial charge in [-0.05, 0) is 25.3 Å². The van der Waals surface area contributed by atoms with Crippen molar-refractivity contribution in [3.63, 3.8) is 0 Å². The van der Waals surface area contributed by atoms with Gasteiger partial charge in [-0.25, -0.2) is 9.97 Å². The maximum Gasteiger partial charge on any atom is 0.216 e. The molecule has 0 saturated carbocycles. The van der Waals surface area contributed by atoms with E-state index < -0.39 is 0 Å². The number of aromatic nitrogens is 2. The van der Waals surface area contributed by atoms with Crippen LogP contribution in [0.2, 0.25) is 0 Å². The second kappa shape index (κ2) is 7.39. The summed E-state index contributed by atoms with van der Waals surface area (Å²) in [6.07, 6.45) is 4.58. The van der Waals surface area contributed by atoms with E-state index in [9.17, 15) is 0 Å². The first-order chi connectivity index (χ1) is 9.67. The van der Waals surface area contributed by atoms with Crippen LogP contribution in [0.5, 0.6) is 5.88 Å². The van der Waals surface area contributed by atoms with Gasteiger partial charge in [-0.3, -0.25) is 0 Å². The van der Waals surface area contributed by atoms with Crippen molar-refractivity contribution in [1.82, 2.24) is 9.97 Å². The average molecular weight is 335 g/mol. The molecule has 0 aliphatic heterocycles. The molecular weight excluding hydrogens is 316 g/mol. The summed E-state index contributed by atoms with van der Waals surface area (Å²) in [5.74, 6) is 0.619. The predicted molar refractivity (Wildman–Crippen MR) is 84.5 cm³/mol. The van der Waals surface area contributed by atoms with Crippen LogP contribution in [0.15, 0.2) is 36.7 Å². The number of alkyl halides is 1. The molecule has 4 heteroatoms. The van der Waals surface area contributed by atoms with Gasteiger partial charge in [0.2, 0.25) is 5.88 Å². The molecule has 20 heavy (non-hydrogen) atoms. The van der Waals surface area contributed by atoms with E-state index in [4.69, 9.17) is 4.74 Å². The lowest BCUT2D eigenvalue weighted by atomic mass is 10.0. The van der Waals surface area contributed by atoms with E-state index in [-0.39, 0.29) is 0 Å². The van der Waals surface area contributed by atoms with E-state index in [1.807, 2.05) is 6.07 Å². The zero-order valence-corrected chi connectivity index (χ0v) is 13.4. The Bertz CT molecular complexity index is 542. The van der Waals surface area contributed by atoms with E-state index in [2.05, 4.69) is 57.1 Å². The minimum absolute atomic E-state index is 0.406. The van der Waals surface area contributed by atoms with Gasteiger partial charge < -0.3 is 4.74 Å². The fraction of sp³-hybridized carbons (Fsp3) is 0.375. The molecular formula is C16H19BrN2O. The van der Waals surface area contributed by atoms with Crippen molar-refractivity contribution in [1.29, 1.82) is 0 Å². The molecule has 1 heterocycles. The fourth-order valence-corrected chi connectivity index (χ4v) is 2.57. The minimum atomic E-state index is 0.406. The van der Waals surface area contributed by atoms with Gasteiger partial charge in [0, 0.05) is 23.0 Å². The molecule has 0 aliphatic rings. The van der Waals surface area contributed by atoms with Gasteiger partial charge in [-0.2, -0.15) is 0 Å². The van der Waals surface area contributed by atoms with Crippen molar-refractivity contribution in [2.45, 2.75) is 31.0 Å². The topological polar surface area (TPSA) is 35.0 Å². The van der Waals surface area contributed by atoms with Crippen LogP contribution in [0.1, 0.15) is 23.2 Å². The highest BCUT2D eigenvalue weighted by Gasteiger charge is 2.08. The Hall–Kier alpha value is -1.42. The maximum atomic E-state index is 5.11. The van der Waals surface area contributed by atoms with E-state index in [1.54, 1.807) is 13.4 Å². The van der Waals surface area contributed by atoms with Crippen LogP contribution in [-0.4, -0.2) is 21.9 Å². The molecule has 2 aromatic rings. The SMILES string of the molecule is COc1cc(CC(Br)CCc2ccc(C)cc2)ncn1. The zero-order chi connectivity index (χ0) is 14.4. The normalized spacial score (nSPS) is 12.2. The number of methoxy groups -OCH3 is 1. The predicted octanol–water partition coefficient (Wildman–Crippen LogP) is 3.73.